The fourth-order valence-electron chi connectivity index (χ4n) is 3.77. The second-order valence-electron chi connectivity index (χ2n) is 9.10. The minimum absolute atomic E-state index is 0.274. The van der Waals surface area contributed by atoms with Gasteiger partial charge in [-0.2, -0.15) is 0 Å². The molecule has 1 aromatic rings. The van der Waals surface area contributed by atoms with Crippen molar-refractivity contribution in [3.63, 3.8) is 0 Å². The van der Waals surface area contributed by atoms with Crippen molar-refractivity contribution in [2.75, 3.05) is 20.1 Å². The maximum absolute atomic E-state index is 6.21. The Morgan fingerprint density at radius 3 is 2.19 bits per heavy atom. The van der Waals surface area contributed by atoms with Gasteiger partial charge in [0.25, 0.3) is 0 Å². The van der Waals surface area contributed by atoms with Crippen LogP contribution in [0.15, 0.2) is 18.3 Å². The molecule has 26 heavy (non-hydrogen) atoms. The summed E-state index contributed by atoms with van der Waals surface area (Å²) in [5, 5.41) is 0. The van der Waals surface area contributed by atoms with Crippen molar-refractivity contribution in [3.8, 4) is 0 Å². The zero-order valence-electron chi connectivity index (χ0n) is 17.6. The van der Waals surface area contributed by atoms with Gasteiger partial charge in [0, 0.05) is 37.4 Å². The zero-order chi connectivity index (χ0) is 19.3. The molecule has 144 valence electrons. The average molecular weight is 359 g/mol. The van der Waals surface area contributed by atoms with Crippen LogP contribution in [0.25, 0.3) is 0 Å². The van der Waals surface area contributed by atoms with E-state index in [1.54, 1.807) is 0 Å². The standard InChI is InChI=1S/C20H34BN3O2/c1-14-12-24(13-15(2)23(14)8)16(3)18-11-17(9-10-22-18)21-25-19(4,5)20(6,7)26-21/h9-11,14-16H,12-13H2,1-8H3/t14-,15?,16+/m1/s1. The summed E-state index contributed by atoms with van der Waals surface area (Å²) in [7, 11) is 1.88. The number of piperazine rings is 1. The van der Waals surface area contributed by atoms with E-state index >= 15 is 0 Å². The number of pyridine rings is 1. The van der Waals surface area contributed by atoms with Gasteiger partial charge in [0.15, 0.2) is 0 Å². The van der Waals surface area contributed by atoms with Gasteiger partial charge in [0.1, 0.15) is 0 Å². The summed E-state index contributed by atoms with van der Waals surface area (Å²) in [6, 6.07) is 5.53. The van der Waals surface area contributed by atoms with E-state index in [0.717, 1.165) is 24.2 Å². The van der Waals surface area contributed by atoms with E-state index in [1.165, 1.54) is 0 Å². The number of hydrogen-bond donors (Lipinski definition) is 0. The van der Waals surface area contributed by atoms with Crippen LogP contribution in [-0.4, -0.2) is 65.3 Å². The van der Waals surface area contributed by atoms with E-state index in [0.29, 0.717) is 12.1 Å². The fourth-order valence-corrected chi connectivity index (χ4v) is 3.77. The van der Waals surface area contributed by atoms with Crippen LogP contribution >= 0.6 is 0 Å². The molecule has 0 aliphatic carbocycles. The maximum Gasteiger partial charge on any atom is 0.494 e. The van der Waals surface area contributed by atoms with Crippen LogP contribution < -0.4 is 5.46 Å². The molecule has 2 saturated heterocycles. The van der Waals surface area contributed by atoms with E-state index < -0.39 is 0 Å². The normalized spacial score (nSPS) is 30.5. The Labute approximate surface area is 159 Å². The van der Waals surface area contributed by atoms with Gasteiger partial charge in [-0.15, -0.1) is 0 Å². The van der Waals surface area contributed by atoms with Gasteiger partial charge in [-0.05, 0) is 73.1 Å². The lowest BCUT2D eigenvalue weighted by Gasteiger charge is -2.44. The van der Waals surface area contributed by atoms with Gasteiger partial charge in [-0.25, -0.2) is 0 Å². The molecular weight excluding hydrogens is 325 g/mol. The van der Waals surface area contributed by atoms with E-state index in [1.807, 2.05) is 12.3 Å². The minimum Gasteiger partial charge on any atom is -0.399 e. The average Bonchev–Trinajstić information content (AvgIpc) is 2.79. The van der Waals surface area contributed by atoms with Crippen molar-refractivity contribution in [1.82, 2.24) is 14.8 Å². The van der Waals surface area contributed by atoms with Gasteiger partial charge < -0.3 is 9.31 Å². The highest BCUT2D eigenvalue weighted by Gasteiger charge is 2.51. The SMILES string of the molecule is CC1CN([C@@H](C)c2cc(B3OC(C)(C)C(C)(C)O3)ccn2)C[C@@H](C)N1C. The molecule has 3 atom stereocenters. The van der Waals surface area contributed by atoms with Crippen molar-refractivity contribution in [1.29, 1.82) is 0 Å². The highest BCUT2D eigenvalue weighted by Crippen LogP contribution is 2.36. The molecule has 0 N–H and O–H groups in total. The summed E-state index contributed by atoms with van der Waals surface area (Å²) in [5.74, 6) is 0. The highest BCUT2D eigenvalue weighted by atomic mass is 16.7. The lowest BCUT2D eigenvalue weighted by atomic mass is 9.79. The lowest BCUT2D eigenvalue weighted by Crippen LogP contribution is -2.55. The predicted octanol–water partition coefficient (Wildman–Crippen LogP) is 2.47. The van der Waals surface area contributed by atoms with Crippen LogP contribution in [0, 0.1) is 0 Å². The summed E-state index contributed by atoms with van der Waals surface area (Å²) in [5.41, 5.74) is 1.49. The number of likely N-dealkylation sites (N-methyl/N-ethyl adjacent to an activating group) is 1. The van der Waals surface area contributed by atoms with Crippen molar-refractivity contribution < 1.29 is 9.31 Å². The third-order valence-electron chi connectivity index (χ3n) is 6.69. The van der Waals surface area contributed by atoms with Crippen molar-refractivity contribution >= 4 is 12.6 Å². The summed E-state index contributed by atoms with van der Waals surface area (Å²) in [6.45, 7) is 17.3. The van der Waals surface area contributed by atoms with Gasteiger partial charge in [0.2, 0.25) is 0 Å². The second kappa shape index (κ2) is 6.90. The van der Waals surface area contributed by atoms with Crippen LogP contribution in [0.5, 0.6) is 0 Å². The smallest absolute Gasteiger partial charge is 0.399 e. The molecule has 2 aliphatic heterocycles. The van der Waals surface area contributed by atoms with Crippen LogP contribution in [0.3, 0.4) is 0 Å². The Kier molecular flexibility index (Phi) is 5.25. The molecule has 5 nitrogen and oxygen atoms in total. The number of nitrogens with zero attached hydrogens (tertiary/aromatic N) is 3. The van der Waals surface area contributed by atoms with Crippen molar-refractivity contribution in [2.24, 2.45) is 0 Å². The van der Waals surface area contributed by atoms with Gasteiger partial charge in [-0.3, -0.25) is 14.8 Å². The Balaban J connectivity index is 1.78. The first kappa shape index (κ1) is 19.8. The zero-order valence-corrected chi connectivity index (χ0v) is 17.6. The molecule has 2 fully saturated rings. The molecular formula is C20H34BN3O2. The van der Waals surface area contributed by atoms with E-state index in [-0.39, 0.29) is 24.4 Å². The molecule has 6 heteroatoms. The molecule has 0 spiro atoms. The van der Waals surface area contributed by atoms with Gasteiger partial charge >= 0.3 is 7.12 Å². The van der Waals surface area contributed by atoms with Gasteiger partial charge in [-0.1, -0.05) is 0 Å². The maximum atomic E-state index is 6.21. The molecule has 3 heterocycles. The second-order valence-corrected chi connectivity index (χ2v) is 9.10. The number of aromatic nitrogens is 1. The van der Waals surface area contributed by atoms with E-state index in [9.17, 15) is 0 Å². The summed E-state index contributed by atoms with van der Waals surface area (Å²) in [4.78, 5) is 9.65. The molecule has 0 aromatic carbocycles. The van der Waals surface area contributed by atoms with Crippen molar-refractivity contribution in [3.05, 3.63) is 24.0 Å². The third-order valence-corrected chi connectivity index (χ3v) is 6.69. The topological polar surface area (TPSA) is 37.8 Å². The predicted molar refractivity (Wildman–Crippen MR) is 107 cm³/mol. The third kappa shape index (κ3) is 3.57. The van der Waals surface area contributed by atoms with Gasteiger partial charge in [0.05, 0.1) is 16.9 Å². The Morgan fingerprint density at radius 1 is 1.12 bits per heavy atom. The van der Waals surface area contributed by atoms with Crippen LogP contribution in [0.4, 0.5) is 0 Å². The van der Waals surface area contributed by atoms with Crippen LogP contribution in [0.2, 0.25) is 0 Å². The number of hydrogen-bond acceptors (Lipinski definition) is 5. The monoisotopic (exact) mass is 359 g/mol. The molecule has 0 radical (unpaired) electrons. The first-order chi connectivity index (χ1) is 12.0. The summed E-state index contributed by atoms with van der Waals surface area (Å²) < 4.78 is 12.4. The molecule has 0 saturated carbocycles. The molecule has 2 aliphatic rings. The first-order valence-electron chi connectivity index (χ1n) is 9.79. The highest BCUT2D eigenvalue weighted by molar-refractivity contribution is 6.62. The molecule has 1 aromatic heterocycles. The Hall–Kier alpha value is -0.945. The Bertz CT molecular complexity index is 624. The Morgan fingerprint density at radius 2 is 1.65 bits per heavy atom. The molecule has 3 rings (SSSR count). The van der Waals surface area contributed by atoms with Crippen LogP contribution in [0.1, 0.15) is 60.2 Å². The largest absolute Gasteiger partial charge is 0.494 e. The number of rotatable bonds is 3. The molecule has 1 unspecified atom stereocenters. The lowest BCUT2D eigenvalue weighted by molar-refractivity contribution is 0.00578. The molecule has 0 amide bonds. The summed E-state index contributed by atoms with van der Waals surface area (Å²) >= 11 is 0. The fraction of sp³-hybridized carbons (Fsp3) is 0.750. The van der Waals surface area contributed by atoms with Crippen LogP contribution in [-0.2, 0) is 9.31 Å². The summed E-state index contributed by atoms with van der Waals surface area (Å²) in [6.07, 6.45) is 1.88. The van der Waals surface area contributed by atoms with E-state index in [2.05, 4.69) is 76.4 Å². The quantitative estimate of drug-likeness (QED) is 0.776. The van der Waals surface area contributed by atoms with Crippen molar-refractivity contribution in [2.45, 2.75) is 77.8 Å². The van der Waals surface area contributed by atoms with E-state index in [4.69, 9.17) is 9.31 Å². The first-order valence-corrected chi connectivity index (χ1v) is 9.79. The molecule has 0 bridgehead atoms. The minimum atomic E-state index is -0.334.